The Balaban J connectivity index is 1.85. The first kappa shape index (κ1) is 25.4. The van der Waals surface area contributed by atoms with Gasteiger partial charge in [-0.1, -0.05) is 0 Å². The second-order valence-corrected chi connectivity index (χ2v) is 7.84. The van der Waals surface area contributed by atoms with E-state index >= 15 is 0 Å². The van der Waals surface area contributed by atoms with Gasteiger partial charge in [-0.2, -0.15) is 0 Å². The van der Waals surface area contributed by atoms with Crippen molar-refractivity contribution in [3.8, 4) is 34.5 Å². The molecule has 188 valence electrons. The molecular weight excluding hydrogens is 476 g/mol. The number of carbonyl (C=O) groups excluding carboxylic acids is 2. The molecular formula is C21H20O14. The zero-order valence-electron chi connectivity index (χ0n) is 17.5. The Bertz CT molecular complexity index is 1170. The number of hydrogen-bond donors (Lipinski definition) is 9. The largest absolute Gasteiger partial charge is 0.504 e. The molecule has 0 saturated heterocycles. The van der Waals surface area contributed by atoms with Crippen LogP contribution < -0.4 is 4.74 Å². The first-order chi connectivity index (χ1) is 16.2. The number of phenolic OH excluding ortho intramolecular Hbond substituents is 5. The number of benzene rings is 2. The summed E-state index contributed by atoms with van der Waals surface area (Å²) in [5, 5.41) is 87.5. The van der Waals surface area contributed by atoms with Crippen molar-refractivity contribution in [1.29, 1.82) is 0 Å². The summed E-state index contributed by atoms with van der Waals surface area (Å²) < 4.78 is 9.87. The zero-order valence-corrected chi connectivity index (χ0v) is 17.5. The molecule has 0 bridgehead atoms. The molecule has 2 aromatic rings. The highest BCUT2D eigenvalue weighted by atomic mass is 16.6. The lowest BCUT2D eigenvalue weighted by molar-refractivity contribution is -0.187. The SMILES string of the molecule is O=C(Oc1cc(C(=O)O[C@H]2C[C@@](O)(C(=O)O)C[C@@H](O)[C@@H]2O)cc(O)c1O)c1cc(O)c(O)c(O)c1. The molecule has 14 nitrogen and oxygen atoms in total. The van der Waals surface area contributed by atoms with Crippen molar-refractivity contribution in [3.63, 3.8) is 0 Å². The molecule has 0 radical (unpaired) electrons. The van der Waals surface area contributed by atoms with Crippen LogP contribution in [0, 0.1) is 0 Å². The van der Waals surface area contributed by atoms with E-state index in [1.807, 2.05) is 0 Å². The predicted octanol–water partition coefficient (Wildman–Crippen LogP) is -0.710. The lowest BCUT2D eigenvalue weighted by Gasteiger charge is -2.39. The molecule has 3 rings (SSSR count). The lowest BCUT2D eigenvalue weighted by atomic mass is 9.79. The summed E-state index contributed by atoms with van der Waals surface area (Å²) >= 11 is 0. The number of aliphatic hydroxyl groups is 3. The highest BCUT2D eigenvalue weighted by molar-refractivity contribution is 5.95. The maximum atomic E-state index is 12.6. The van der Waals surface area contributed by atoms with Crippen LogP contribution in [0.4, 0.5) is 0 Å². The molecule has 0 aromatic heterocycles. The van der Waals surface area contributed by atoms with Gasteiger partial charge in [0.1, 0.15) is 12.2 Å². The Labute approximate surface area is 195 Å². The van der Waals surface area contributed by atoms with Crippen molar-refractivity contribution < 1.29 is 69.8 Å². The van der Waals surface area contributed by atoms with Crippen LogP contribution in [0.2, 0.25) is 0 Å². The number of esters is 2. The third kappa shape index (κ3) is 4.98. The van der Waals surface area contributed by atoms with Gasteiger partial charge in [0.15, 0.2) is 34.3 Å². The molecule has 0 unspecified atom stereocenters. The summed E-state index contributed by atoms with van der Waals surface area (Å²) in [6.07, 6.45) is -6.68. The maximum absolute atomic E-state index is 12.6. The van der Waals surface area contributed by atoms with E-state index in [4.69, 9.17) is 14.6 Å². The first-order valence-electron chi connectivity index (χ1n) is 9.79. The van der Waals surface area contributed by atoms with Gasteiger partial charge in [-0.3, -0.25) is 0 Å². The Hall–Kier alpha value is -4.27. The van der Waals surface area contributed by atoms with Gasteiger partial charge in [-0.25, -0.2) is 14.4 Å². The molecule has 0 aliphatic heterocycles. The average Bonchev–Trinajstić information content (AvgIpc) is 2.77. The van der Waals surface area contributed by atoms with E-state index < -0.39 is 100 Å². The number of carboxylic acid groups (broad SMARTS) is 1. The Morgan fingerprint density at radius 2 is 1.31 bits per heavy atom. The number of ether oxygens (including phenoxy) is 2. The highest BCUT2D eigenvalue weighted by Crippen LogP contribution is 2.39. The number of carboxylic acids is 1. The molecule has 1 fully saturated rings. The number of aliphatic hydroxyl groups excluding tert-OH is 2. The van der Waals surface area contributed by atoms with Crippen molar-refractivity contribution in [2.24, 2.45) is 0 Å². The Morgan fingerprint density at radius 1 is 0.800 bits per heavy atom. The monoisotopic (exact) mass is 496 g/mol. The van der Waals surface area contributed by atoms with Gasteiger partial charge in [0.2, 0.25) is 5.75 Å². The van der Waals surface area contributed by atoms with Crippen LogP contribution in [0.3, 0.4) is 0 Å². The second kappa shape index (κ2) is 9.17. The Kier molecular flexibility index (Phi) is 6.64. The summed E-state index contributed by atoms with van der Waals surface area (Å²) in [5.41, 5.74) is -3.54. The minimum atomic E-state index is -2.50. The van der Waals surface area contributed by atoms with Crippen LogP contribution in [-0.2, 0) is 9.53 Å². The summed E-state index contributed by atoms with van der Waals surface area (Å²) in [7, 11) is 0. The maximum Gasteiger partial charge on any atom is 0.343 e. The van der Waals surface area contributed by atoms with Gasteiger partial charge in [0, 0.05) is 12.8 Å². The van der Waals surface area contributed by atoms with E-state index in [9.17, 15) is 55.2 Å². The molecule has 0 amide bonds. The molecule has 0 spiro atoms. The number of phenols is 5. The molecule has 2 aromatic carbocycles. The summed E-state index contributed by atoms with van der Waals surface area (Å²) in [6, 6.07) is 2.89. The third-order valence-corrected chi connectivity index (χ3v) is 5.32. The lowest BCUT2D eigenvalue weighted by Crippen LogP contribution is -2.57. The predicted molar refractivity (Wildman–Crippen MR) is 109 cm³/mol. The molecule has 1 aliphatic rings. The Morgan fingerprint density at radius 3 is 1.86 bits per heavy atom. The van der Waals surface area contributed by atoms with Crippen molar-refractivity contribution >= 4 is 17.9 Å². The van der Waals surface area contributed by atoms with E-state index in [1.54, 1.807) is 0 Å². The summed E-state index contributed by atoms with van der Waals surface area (Å²) in [6.45, 7) is 0. The van der Waals surface area contributed by atoms with E-state index in [2.05, 4.69) is 0 Å². The summed E-state index contributed by atoms with van der Waals surface area (Å²) in [5.74, 6) is -9.69. The van der Waals surface area contributed by atoms with Crippen molar-refractivity contribution in [2.45, 2.75) is 36.8 Å². The number of aromatic hydroxyl groups is 5. The fraction of sp³-hybridized carbons (Fsp3) is 0.286. The highest BCUT2D eigenvalue weighted by Gasteiger charge is 2.50. The normalized spacial score (nSPS) is 23.9. The number of rotatable bonds is 5. The van der Waals surface area contributed by atoms with Crippen molar-refractivity contribution in [1.82, 2.24) is 0 Å². The first-order valence-corrected chi connectivity index (χ1v) is 9.79. The van der Waals surface area contributed by atoms with E-state index in [-0.39, 0.29) is 0 Å². The van der Waals surface area contributed by atoms with Crippen LogP contribution in [0.1, 0.15) is 33.6 Å². The molecule has 1 aliphatic carbocycles. The van der Waals surface area contributed by atoms with Gasteiger partial charge < -0.3 is 55.4 Å². The minimum Gasteiger partial charge on any atom is -0.504 e. The number of hydrogen-bond acceptors (Lipinski definition) is 13. The van der Waals surface area contributed by atoms with Crippen molar-refractivity contribution in [2.75, 3.05) is 0 Å². The molecule has 0 heterocycles. The topological polar surface area (TPSA) is 252 Å². The zero-order chi connectivity index (χ0) is 26.2. The van der Waals surface area contributed by atoms with Crippen LogP contribution >= 0.6 is 0 Å². The standard InChI is InChI=1S/C21H20O14/c22-9-1-7(2-10(23)15(9)26)18(29)34-13-4-8(3-11(24)16(13)27)19(30)35-14-6-21(33,20(31)32)5-12(25)17(14)28/h1-4,12,14,17,22-28,33H,5-6H2,(H,31,32)/t12-,14+,17+,21-/m1/s1. The fourth-order valence-corrected chi connectivity index (χ4v) is 3.41. The van der Waals surface area contributed by atoms with Gasteiger partial charge in [0.05, 0.1) is 17.2 Å². The molecule has 4 atom stereocenters. The molecule has 9 N–H and O–H groups in total. The number of carbonyl (C=O) groups is 3. The summed E-state index contributed by atoms with van der Waals surface area (Å²) in [4.78, 5) is 36.2. The smallest absolute Gasteiger partial charge is 0.343 e. The molecule has 35 heavy (non-hydrogen) atoms. The van der Waals surface area contributed by atoms with Crippen LogP contribution in [-0.4, -0.2) is 87.8 Å². The van der Waals surface area contributed by atoms with Gasteiger partial charge in [-0.15, -0.1) is 0 Å². The molecule has 1 saturated carbocycles. The van der Waals surface area contributed by atoms with E-state index in [0.717, 1.165) is 18.2 Å². The molecule has 14 heteroatoms. The average molecular weight is 496 g/mol. The third-order valence-electron chi connectivity index (χ3n) is 5.32. The number of aliphatic carboxylic acids is 1. The van der Waals surface area contributed by atoms with Gasteiger partial charge in [-0.05, 0) is 24.3 Å². The van der Waals surface area contributed by atoms with Gasteiger partial charge >= 0.3 is 17.9 Å². The van der Waals surface area contributed by atoms with E-state index in [1.165, 1.54) is 0 Å². The fourth-order valence-electron chi connectivity index (χ4n) is 3.41. The van der Waals surface area contributed by atoms with Crippen LogP contribution in [0.25, 0.3) is 0 Å². The van der Waals surface area contributed by atoms with E-state index in [0.29, 0.717) is 6.07 Å². The minimum absolute atomic E-state index is 0.489. The van der Waals surface area contributed by atoms with Crippen LogP contribution in [0.5, 0.6) is 34.5 Å². The second-order valence-electron chi connectivity index (χ2n) is 7.84. The quantitative estimate of drug-likeness (QED) is 0.141. The van der Waals surface area contributed by atoms with Gasteiger partial charge in [0.25, 0.3) is 0 Å². The van der Waals surface area contributed by atoms with Crippen molar-refractivity contribution in [3.05, 3.63) is 35.4 Å². The van der Waals surface area contributed by atoms with Crippen LogP contribution in [0.15, 0.2) is 24.3 Å².